The summed E-state index contributed by atoms with van der Waals surface area (Å²) < 4.78 is 20.8. The van der Waals surface area contributed by atoms with E-state index >= 15 is 4.79 Å². The lowest BCUT2D eigenvalue weighted by atomic mass is 9.82. The normalized spacial score (nSPS) is 21.3. The van der Waals surface area contributed by atoms with Crippen molar-refractivity contribution in [3.05, 3.63) is 155 Å². The highest BCUT2D eigenvalue weighted by Crippen LogP contribution is 2.60. The molecule has 1 unspecified atom stereocenters. The zero-order valence-corrected chi connectivity index (χ0v) is 34.9. The SMILES string of the molecule is COc1ccc2c(c1)[C@@]1(O[C@H](CCn3cc(C(CO)c4ccccc4)nn3)[C@@H]([Si](C)(C)O)[C@@H]1C)C(=O)N2Cc1cccc(N2C(=O)c3ccccc3Oc3ccccc32)c1. The van der Waals surface area contributed by atoms with E-state index in [2.05, 4.69) is 10.3 Å². The van der Waals surface area contributed by atoms with Crippen LogP contribution >= 0.6 is 0 Å². The van der Waals surface area contributed by atoms with Gasteiger partial charge in [0.2, 0.25) is 0 Å². The highest BCUT2D eigenvalue weighted by Gasteiger charge is 2.66. The molecule has 13 heteroatoms. The summed E-state index contributed by atoms with van der Waals surface area (Å²) in [5, 5.41) is 19.1. The Morgan fingerprint density at radius 1 is 0.883 bits per heavy atom. The maximum Gasteiger partial charge on any atom is 0.266 e. The maximum atomic E-state index is 15.3. The molecule has 3 aliphatic rings. The number of hydrogen-bond acceptors (Lipinski definition) is 9. The van der Waals surface area contributed by atoms with Crippen molar-refractivity contribution in [3.8, 4) is 17.2 Å². The van der Waals surface area contributed by atoms with Crippen LogP contribution < -0.4 is 19.3 Å². The van der Waals surface area contributed by atoms with Gasteiger partial charge in [-0.2, -0.15) is 0 Å². The number of benzene rings is 5. The van der Waals surface area contributed by atoms with Crippen LogP contribution in [0, 0.1) is 5.92 Å². The second-order valence-electron chi connectivity index (χ2n) is 16.4. The van der Waals surface area contributed by atoms with Crippen LogP contribution in [0.1, 0.15) is 52.0 Å². The number of anilines is 3. The van der Waals surface area contributed by atoms with Gasteiger partial charge in [0.25, 0.3) is 11.8 Å². The molecule has 1 spiro atoms. The molecule has 306 valence electrons. The number of nitrogens with zero attached hydrogens (tertiary/aromatic N) is 5. The van der Waals surface area contributed by atoms with E-state index in [0.29, 0.717) is 64.1 Å². The van der Waals surface area contributed by atoms with Gasteiger partial charge in [-0.05, 0) is 85.2 Å². The summed E-state index contributed by atoms with van der Waals surface area (Å²) >= 11 is 0. The van der Waals surface area contributed by atoms with Crippen molar-refractivity contribution in [1.29, 1.82) is 0 Å². The Hall–Kier alpha value is -6.12. The number of amides is 2. The molecule has 0 bridgehead atoms. The number of carbonyl (C=O) groups is 2. The van der Waals surface area contributed by atoms with Gasteiger partial charge in [-0.1, -0.05) is 78.9 Å². The summed E-state index contributed by atoms with van der Waals surface area (Å²) in [5.41, 5.74) is 3.78. The maximum absolute atomic E-state index is 15.3. The number of para-hydroxylation sites is 3. The average Bonchev–Trinajstić information content (AvgIpc) is 3.88. The number of ether oxygens (including phenoxy) is 3. The number of fused-ring (bicyclic) bond motifs is 4. The number of aromatic nitrogens is 3. The van der Waals surface area contributed by atoms with Crippen LogP contribution in [-0.4, -0.2) is 64.8 Å². The Morgan fingerprint density at radius 2 is 1.63 bits per heavy atom. The fraction of sp³-hybridized carbons (Fsp3) is 0.277. The van der Waals surface area contributed by atoms with Gasteiger partial charge >= 0.3 is 0 Å². The molecule has 12 nitrogen and oxygen atoms in total. The highest BCUT2D eigenvalue weighted by atomic mass is 28.4. The van der Waals surface area contributed by atoms with Crippen molar-refractivity contribution in [2.24, 2.45) is 5.92 Å². The van der Waals surface area contributed by atoms with Crippen LogP contribution in [0.15, 0.2) is 128 Å². The van der Waals surface area contributed by atoms with Crippen LogP contribution in [-0.2, 0) is 28.2 Å². The second-order valence-corrected chi connectivity index (χ2v) is 20.3. The van der Waals surface area contributed by atoms with Gasteiger partial charge in [-0.25, -0.2) is 0 Å². The Labute approximate surface area is 349 Å². The molecule has 2 N–H and O–H groups in total. The number of hydrogen-bond donors (Lipinski definition) is 2. The lowest BCUT2D eigenvalue weighted by Gasteiger charge is -2.32. The molecule has 5 aromatic carbocycles. The second kappa shape index (κ2) is 15.5. The highest BCUT2D eigenvalue weighted by molar-refractivity contribution is 6.71. The molecule has 1 aromatic heterocycles. The van der Waals surface area contributed by atoms with E-state index in [1.807, 2.05) is 135 Å². The minimum Gasteiger partial charge on any atom is -0.497 e. The predicted octanol–water partition coefficient (Wildman–Crippen LogP) is 7.93. The van der Waals surface area contributed by atoms with Crippen LogP contribution in [0.5, 0.6) is 17.2 Å². The first-order valence-corrected chi connectivity index (χ1v) is 23.3. The monoisotopic (exact) mass is 821 g/mol. The quantitative estimate of drug-likeness (QED) is 0.125. The van der Waals surface area contributed by atoms with Gasteiger partial charge in [0, 0.05) is 35.5 Å². The minimum atomic E-state index is -2.96. The van der Waals surface area contributed by atoms with Crippen LogP contribution in [0.25, 0.3) is 0 Å². The van der Waals surface area contributed by atoms with Gasteiger partial charge in [0.05, 0.1) is 54.9 Å². The lowest BCUT2D eigenvalue weighted by molar-refractivity contribution is -0.146. The first-order valence-electron chi connectivity index (χ1n) is 20.3. The molecule has 0 saturated carbocycles. The van der Waals surface area contributed by atoms with Crippen molar-refractivity contribution in [2.45, 2.75) is 62.7 Å². The van der Waals surface area contributed by atoms with E-state index in [9.17, 15) is 14.7 Å². The third-order valence-electron chi connectivity index (χ3n) is 12.3. The van der Waals surface area contributed by atoms with Crippen LogP contribution in [0.3, 0.4) is 0 Å². The van der Waals surface area contributed by atoms with Gasteiger partial charge in [-0.3, -0.25) is 19.2 Å². The van der Waals surface area contributed by atoms with Crippen molar-refractivity contribution >= 4 is 37.2 Å². The van der Waals surface area contributed by atoms with Crippen LogP contribution in [0.4, 0.5) is 17.1 Å². The van der Waals surface area contributed by atoms with E-state index in [0.717, 1.165) is 11.1 Å². The van der Waals surface area contributed by atoms with Gasteiger partial charge in [-0.15, -0.1) is 5.10 Å². The van der Waals surface area contributed by atoms with Crippen molar-refractivity contribution < 1.29 is 33.7 Å². The fourth-order valence-corrected chi connectivity index (χ4v) is 12.2. The molecule has 1 fully saturated rings. The summed E-state index contributed by atoms with van der Waals surface area (Å²) in [6, 6.07) is 37.7. The molecular weight excluding hydrogens is 775 g/mol. The number of carbonyl (C=O) groups excluding carboxylic acids is 2. The number of aryl methyl sites for hydroxylation is 1. The van der Waals surface area contributed by atoms with Crippen molar-refractivity contribution in [1.82, 2.24) is 15.0 Å². The summed E-state index contributed by atoms with van der Waals surface area (Å²) in [6.45, 7) is 6.35. The average molecular weight is 822 g/mol. The largest absolute Gasteiger partial charge is 0.497 e. The Morgan fingerprint density at radius 3 is 2.40 bits per heavy atom. The predicted molar refractivity (Wildman–Crippen MR) is 229 cm³/mol. The molecule has 6 aromatic rings. The summed E-state index contributed by atoms with van der Waals surface area (Å²) in [5.74, 6) is 0.474. The van der Waals surface area contributed by atoms with E-state index in [-0.39, 0.29) is 36.4 Å². The Bertz CT molecular complexity index is 2580. The molecule has 0 aliphatic carbocycles. The zero-order valence-electron chi connectivity index (χ0n) is 33.9. The van der Waals surface area contributed by atoms with E-state index in [1.54, 1.807) is 33.7 Å². The smallest absolute Gasteiger partial charge is 0.266 e. The fourth-order valence-electron chi connectivity index (χ4n) is 9.55. The van der Waals surface area contributed by atoms with E-state index in [1.165, 1.54) is 0 Å². The first-order chi connectivity index (χ1) is 29.0. The molecular formula is C47H47N5O7Si. The topological polar surface area (TPSA) is 139 Å². The lowest BCUT2D eigenvalue weighted by Crippen LogP contribution is -2.46. The Kier molecular flexibility index (Phi) is 10.2. The molecule has 4 heterocycles. The van der Waals surface area contributed by atoms with Crippen molar-refractivity contribution in [3.63, 3.8) is 0 Å². The van der Waals surface area contributed by atoms with E-state index < -0.39 is 25.9 Å². The number of aliphatic hydroxyl groups excluding tert-OH is 1. The third-order valence-corrected chi connectivity index (χ3v) is 14.8. The molecule has 5 atom stereocenters. The first kappa shape index (κ1) is 39.3. The molecule has 9 rings (SSSR count). The Balaban J connectivity index is 1.03. The van der Waals surface area contributed by atoms with Crippen molar-refractivity contribution in [2.75, 3.05) is 23.5 Å². The van der Waals surface area contributed by atoms with Gasteiger partial charge in [0.1, 0.15) is 11.5 Å². The van der Waals surface area contributed by atoms with Gasteiger partial charge in [0.15, 0.2) is 19.7 Å². The summed E-state index contributed by atoms with van der Waals surface area (Å²) in [6.07, 6.45) is 1.84. The summed E-state index contributed by atoms with van der Waals surface area (Å²) in [7, 11) is -1.36. The number of methoxy groups -OCH3 is 1. The van der Waals surface area contributed by atoms with Crippen LogP contribution in [0.2, 0.25) is 18.6 Å². The van der Waals surface area contributed by atoms with E-state index in [4.69, 9.17) is 14.2 Å². The molecule has 0 radical (unpaired) electrons. The number of rotatable bonds is 11. The minimum absolute atomic E-state index is 0.111. The molecule has 1 saturated heterocycles. The molecule has 60 heavy (non-hydrogen) atoms. The molecule has 2 amide bonds. The summed E-state index contributed by atoms with van der Waals surface area (Å²) in [4.78, 5) is 44.9. The standard InChI is InChI=1S/C47H47N5O7Si/c1-30-44(60(3,4)56)43(23-24-50-28-38(48-49-50)36(29-53)32-14-6-5-7-15-32)59-47(30)37-26-34(57-2)21-22-39(37)51(46(47)55)27-31-13-12-16-33(25-31)52-40-18-9-11-20-42(40)58-41-19-10-8-17-35(41)45(52)54/h5-22,25-26,28,30,36,43-44,53,56H,23-24,27,29H2,1-4H3/t30-,36?,43+,44-,47+/m0/s1. The van der Waals surface area contributed by atoms with Gasteiger partial charge < -0.3 is 29.0 Å². The zero-order chi connectivity index (χ0) is 41.8. The third kappa shape index (κ3) is 6.67. The number of aliphatic hydroxyl groups is 1. The molecule has 3 aliphatic heterocycles.